The van der Waals surface area contributed by atoms with E-state index >= 15 is 0 Å². The zero-order chi connectivity index (χ0) is 11.4. The third-order valence-electron chi connectivity index (χ3n) is 3.06. The second-order valence-electron chi connectivity index (χ2n) is 4.39. The van der Waals surface area contributed by atoms with Gasteiger partial charge in [0, 0.05) is 19.4 Å². The minimum atomic E-state index is -0.265. The van der Waals surface area contributed by atoms with Gasteiger partial charge in [-0.05, 0) is 37.5 Å². The molecular formula is C12H18N2O2. The SMILES string of the molecule is Cc1ccnc(NC2(CO)CCOCC2)c1. The fourth-order valence-corrected chi connectivity index (χ4v) is 1.96. The normalized spacial score (nSPS) is 19.4. The summed E-state index contributed by atoms with van der Waals surface area (Å²) < 4.78 is 5.32. The quantitative estimate of drug-likeness (QED) is 0.810. The van der Waals surface area contributed by atoms with Crippen LogP contribution in [0, 0.1) is 6.92 Å². The molecule has 2 rings (SSSR count). The lowest BCUT2D eigenvalue weighted by Crippen LogP contribution is -2.47. The van der Waals surface area contributed by atoms with Gasteiger partial charge in [0.1, 0.15) is 5.82 Å². The van der Waals surface area contributed by atoms with E-state index in [2.05, 4.69) is 10.3 Å². The van der Waals surface area contributed by atoms with E-state index in [-0.39, 0.29) is 12.1 Å². The van der Waals surface area contributed by atoms with Crippen molar-refractivity contribution in [2.45, 2.75) is 25.3 Å². The van der Waals surface area contributed by atoms with Crippen molar-refractivity contribution >= 4 is 5.82 Å². The van der Waals surface area contributed by atoms with Crippen molar-refractivity contribution in [1.29, 1.82) is 0 Å². The Kier molecular flexibility index (Phi) is 3.41. The van der Waals surface area contributed by atoms with Crippen LogP contribution in [-0.2, 0) is 4.74 Å². The van der Waals surface area contributed by atoms with Gasteiger partial charge in [-0.15, -0.1) is 0 Å². The van der Waals surface area contributed by atoms with E-state index in [4.69, 9.17) is 4.74 Å². The lowest BCUT2D eigenvalue weighted by Gasteiger charge is -2.36. The number of ether oxygens (including phenoxy) is 1. The van der Waals surface area contributed by atoms with E-state index in [0.29, 0.717) is 13.2 Å². The van der Waals surface area contributed by atoms with E-state index in [9.17, 15) is 5.11 Å². The van der Waals surface area contributed by atoms with Crippen LogP contribution in [0.4, 0.5) is 5.82 Å². The van der Waals surface area contributed by atoms with E-state index in [1.165, 1.54) is 0 Å². The number of hydrogen-bond acceptors (Lipinski definition) is 4. The summed E-state index contributed by atoms with van der Waals surface area (Å²) in [6.45, 7) is 3.53. The molecule has 1 aliphatic rings. The Morgan fingerprint density at radius 2 is 2.25 bits per heavy atom. The maximum absolute atomic E-state index is 9.53. The highest BCUT2D eigenvalue weighted by atomic mass is 16.5. The molecule has 4 heteroatoms. The van der Waals surface area contributed by atoms with Crippen LogP contribution in [0.2, 0.25) is 0 Å². The van der Waals surface area contributed by atoms with E-state index < -0.39 is 0 Å². The van der Waals surface area contributed by atoms with Crippen molar-refractivity contribution < 1.29 is 9.84 Å². The minimum Gasteiger partial charge on any atom is -0.394 e. The van der Waals surface area contributed by atoms with Crippen LogP contribution in [0.3, 0.4) is 0 Å². The molecule has 0 bridgehead atoms. The molecule has 4 nitrogen and oxygen atoms in total. The van der Waals surface area contributed by atoms with Crippen molar-refractivity contribution in [3.8, 4) is 0 Å². The zero-order valence-corrected chi connectivity index (χ0v) is 9.57. The molecule has 16 heavy (non-hydrogen) atoms. The Bertz CT molecular complexity index is 349. The fourth-order valence-electron chi connectivity index (χ4n) is 1.96. The van der Waals surface area contributed by atoms with Crippen molar-refractivity contribution in [3.05, 3.63) is 23.9 Å². The van der Waals surface area contributed by atoms with Gasteiger partial charge in [0.2, 0.25) is 0 Å². The summed E-state index contributed by atoms with van der Waals surface area (Å²) in [5.41, 5.74) is 0.900. The number of aryl methyl sites for hydroxylation is 1. The summed E-state index contributed by atoms with van der Waals surface area (Å²) in [6.07, 6.45) is 3.42. The number of aliphatic hydroxyl groups is 1. The van der Waals surface area contributed by atoms with E-state index in [1.807, 2.05) is 19.1 Å². The van der Waals surface area contributed by atoms with Gasteiger partial charge in [0.15, 0.2) is 0 Å². The van der Waals surface area contributed by atoms with Crippen LogP contribution in [0.1, 0.15) is 18.4 Å². The van der Waals surface area contributed by atoms with Gasteiger partial charge in [-0.3, -0.25) is 0 Å². The van der Waals surface area contributed by atoms with Crippen molar-refractivity contribution in [3.63, 3.8) is 0 Å². The number of nitrogens with one attached hydrogen (secondary N) is 1. The summed E-state index contributed by atoms with van der Waals surface area (Å²) in [4.78, 5) is 4.26. The van der Waals surface area contributed by atoms with E-state index in [1.54, 1.807) is 6.20 Å². The molecule has 0 aromatic carbocycles. The third kappa shape index (κ3) is 2.51. The van der Waals surface area contributed by atoms with Gasteiger partial charge in [-0.2, -0.15) is 0 Å². The van der Waals surface area contributed by atoms with Gasteiger partial charge in [-0.1, -0.05) is 0 Å². The highest BCUT2D eigenvalue weighted by molar-refractivity contribution is 5.40. The first-order valence-corrected chi connectivity index (χ1v) is 5.64. The second-order valence-corrected chi connectivity index (χ2v) is 4.39. The maximum atomic E-state index is 9.53. The van der Waals surface area contributed by atoms with Crippen LogP contribution in [-0.4, -0.2) is 35.5 Å². The topological polar surface area (TPSA) is 54.4 Å². The molecule has 0 radical (unpaired) electrons. The van der Waals surface area contributed by atoms with Crippen LogP contribution >= 0.6 is 0 Å². The Balaban J connectivity index is 2.11. The average Bonchev–Trinajstić information content (AvgIpc) is 2.30. The van der Waals surface area contributed by atoms with Crippen LogP contribution in [0.5, 0.6) is 0 Å². The summed E-state index contributed by atoms with van der Waals surface area (Å²) in [6, 6.07) is 3.95. The Morgan fingerprint density at radius 3 is 2.88 bits per heavy atom. The maximum Gasteiger partial charge on any atom is 0.126 e. The monoisotopic (exact) mass is 222 g/mol. The number of anilines is 1. The minimum absolute atomic E-state index is 0.117. The molecule has 0 spiro atoms. The summed E-state index contributed by atoms with van der Waals surface area (Å²) in [5, 5.41) is 12.9. The molecule has 2 heterocycles. The van der Waals surface area contributed by atoms with Crippen molar-refractivity contribution in [2.24, 2.45) is 0 Å². The number of pyridine rings is 1. The number of nitrogens with zero attached hydrogens (tertiary/aromatic N) is 1. The fraction of sp³-hybridized carbons (Fsp3) is 0.583. The number of rotatable bonds is 3. The molecule has 88 valence electrons. The van der Waals surface area contributed by atoms with Gasteiger partial charge < -0.3 is 15.2 Å². The first-order chi connectivity index (χ1) is 7.74. The zero-order valence-electron chi connectivity index (χ0n) is 9.57. The molecule has 1 fully saturated rings. The lowest BCUT2D eigenvalue weighted by atomic mass is 9.91. The van der Waals surface area contributed by atoms with Crippen LogP contribution in [0.15, 0.2) is 18.3 Å². The van der Waals surface area contributed by atoms with Crippen molar-refractivity contribution in [2.75, 3.05) is 25.1 Å². The van der Waals surface area contributed by atoms with Gasteiger partial charge in [-0.25, -0.2) is 4.98 Å². The highest BCUT2D eigenvalue weighted by Gasteiger charge is 2.32. The Hall–Kier alpha value is -1.13. The van der Waals surface area contributed by atoms with Crippen LogP contribution in [0.25, 0.3) is 0 Å². The molecule has 0 atom stereocenters. The Labute approximate surface area is 95.7 Å². The van der Waals surface area contributed by atoms with Crippen molar-refractivity contribution in [1.82, 2.24) is 4.98 Å². The number of aliphatic hydroxyl groups excluding tert-OH is 1. The molecule has 1 aromatic heterocycles. The standard InChI is InChI=1S/C12H18N2O2/c1-10-2-5-13-11(8-10)14-12(9-15)3-6-16-7-4-12/h2,5,8,15H,3-4,6-7,9H2,1H3,(H,13,14). The second kappa shape index (κ2) is 4.80. The predicted octanol–water partition coefficient (Wildman–Crippen LogP) is 1.34. The lowest BCUT2D eigenvalue weighted by molar-refractivity contribution is 0.0378. The average molecular weight is 222 g/mol. The molecule has 0 aliphatic carbocycles. The van der Waals surface area contributed by atoms with Gasteiger partial charge >= 0.3 is 0 Å². The summed E-state index contributed by atoms with van der Waals surface area (Å²) in [7, 11) is 0. The number of aromatic nitrogens is 1. The molecule has 1 saturated heterocycles. The Morgan fingerprint density at radius 1 is 1.50 bits per heavy atom. The molecule has 1 aliphatic heterocycles. The molecule has 0 saturated carbocycles. The molecular weight excluding hydrogens is 204 g/mol. The van der Waals surface area contributed by atoms with Crippen LogP contribution < -0.4 is 5.32 Å². The molecule has 0 amide bonds. The summed E-state index contributed by atoms with van der Waals surface area (Å²) in [5.74, 6) is 0.830. The largest absolute Gasteiger partial charge is 0.394 e. The van der Waals surface area contributed by atoms with E-state index in [0.717, 1.165) is 24.2 Å². The van der Waals surface area contributed by atoms with Gasteiger partial charge in [0.25, 0.3) is 0 Å². The first kappa shape index (κ1) is 11.4. The van der Waals surface area contributed by atoms with Gasteiger partial charge in [0.05, 0.1) is 12.1 Å². The molecule has 1 aromatic rings. The third-order valence-corrected chi connectivity index (χ3v) is 3.06. The predicted molar refractivity (Wildman–Crippen MR) is 62.5 cm³/mol. The smallest absolute Gasteiger partial charge is 0.126 e. The number of hydrogen-bond donors (Lipinski definition) is 2. The highest BCUT2D eigenvalue weighted by Crippen LogP contribution is 2.24. The summed E-state index contributed by atoms with van der Waals surface area (Å²) >= 11 is 0. The first-order valence-electron chi connectivity index (χ1n) is 5.64. The molecule has 2 N–H and O–H groups in total. The molecule has 0 unspecified atom stereocenters.